The predicted molar refractivity (Wildman–Crippen MR) is 75.5 cm³/mol. The second-order valence-electron chi connectivity index (χ2n) is 3.81. The fourth-order valence-corrected chi connectivity index (χ4v) is 3.08. The first-order chi connectivity index (χ1) is 8.60. The zero-order chi connectivity index (χ0) is 13.5. The molecule has 5 nitrogen and oxygen atoms in total. The Bertz CT molecular complexity index is 396. The number of thioether (sulfide) groups is 2. The minimum Gasteiger partial charge on any atom is -0.481 e. The molecular weight excluding hydrogens is 270 g/mol. The van der Waals surface area contributed by atoms with Crippen molar-refractivity contribution in [1.29, 1.82) is 0 Å². The summed E-state index contributed by atoms with van der Waals surface area (Å²) >= 11 is 3.10. The molecule has 0 aliphatic heterocycles. The molecule has 0 aliphatic rings. The van der Waals surface area contributed by atoms with E-state index < -0.39 is 5.97 Å². The van der Waals surface area contributed by atoms with Gasteiger partial charge in [0.2, 0.25) is 0 Å². The molecular formula is C11H19N3O2S2. The number of nitrogens with zero attached hydrogens (tertiary/aromatic N) is 3. The first-order valence-corrected chi connectivity index (χ1v) is 8.10. The Labute approximate surface area is 116 Å². The van der Waals surface area contributed by atoms with Gasteiger partial charge in [0.25, 0.3) is 0 Å². The number of rotatable bonds is 8. The molecule has 1 N–H and O–H groups in total. The zero-order valence-corrected chi connectivity index (χ0v) is 12.6. The number of carboxylic acids is 1. The highest BCUT2D eigenvalue weighted by molar-refractivity contribution is 7.99. The normalized spacial score (nSPS) is 12.6. The van der Waals surface area contributed by atoms with Crippen molar-refractivity contribution in [2.24, 2.45) is 0 Å². The second-order valence-corrected chi connectivity index (χ2v) is 6.07. The van der Waals surface area contributed by atoms with Crippen molar-refractivity contribution in [1.82, 2.24) is 14.8 Å². The third-order valence-electron chi connectivity index (χ3n) is 2.38. The molecule has 18 heavy (non-hydrogen) atoms. The van der Waals surface area contributed by atoms with Crippen molar-refractivity contribution in [2.75, 3.05) is 17.3 Å². The van der Waals surface area contributed by atoms with Crippen LogP contribution in [-0.4, -0.2) is 43.1 Å². The highest BCUT2D eigenvalue weighted by atomic mass is 32.2. The van der Waals surface area contributed by atoms with Crippen LogP contribution in [0.25, 0.3) is 0 Å². The van der Waals surface area contributed by atoms with Gasteiger partial charge in [0.1, 0.15) is 5.82 Å². The van der Waals surface area contributed by atoms with Crippen LogP contribution in [0.1, 0.15) is 32.6 Å². The Morgan fingerprint density at radius 1 is 1.44 bits per heavy atom. The lowest BCUT2D eigenvalue weighted by molar-refractivity contribution is -0.133. The molecule has 1 aromatic heterocycles. The number of aliphatic carboxylic acids is 1. The molecule has 0 saturated carbocycles. The predicted octanol–water partition coefficient (Wildman–Crippen LogP) is 2.33. The van der Waals surface area contributed by atoms with E-state index in [9.17, 15) is 4.79 Å². The first-order valence-electron chi connectivity index (χ1n) is 5.96. The Kier molecular flexibility index (Phi) is 6.56. The molecule has 1 unspecified atom stereocenters. The lowest BCUT2D eigenvalue weighted by atomic mass is 10.3. The lowest BCUT2D eigenvalue weighted by Gasteiger charge is -2.16. The Hall–Kier alpha value is -0.690. The Morgan fingerprint density at radius 2 is 2.17 bits per heavy atom. The van der Waals surface area contributed by atoms with E-state index in [-0.39, 0.29) is 11.8 Å². The minimum absolute atomic E-state index is 0.0233. The minimum atomic E-state index is -0.830. The van der Waals surface area contributed by atoms with Gasteiger partial charge < -0.3 is 9.67 Å². The number of hydrogen-bond acceptors (Lipinski definition) is 5. The maximum Gasteiger partial charge on any atom is 0.313 e. The topological polar surface area (TPSA) is 68.0 Å². The zero-order valence-electron chi connectivity index (χ0n) is 10.9. The number of carbonyl (C=O) groups is 1. The van der Waals surface area contributed by atoms with E-state index in [1.165, 1.54) is 11.8 Å². The molecule has 1 atom stereocenters. The summed E-state index contributed by atoms with van der Waals surface area (Å²) in [5, 5.41) is 17.7. The van der Waals surface area contributed by atoms with Crippen molar-refractivity contribution in [2.45, 2.75) is 38.4 Å². The SMILES string of the molecule is CCSCC(C)n1c(CC)nnc1SCC(=O)O. The van der Waals surface area contributed by atoms with E-state index in [0.29, 0.717) is 5.16 Å². The van der Waals surface area contributed by atoms with Gasteiger partial charge >= 0.3 is 5.97 Å². The van der Waals surface area contributed by atoms with Crippen LogP contribution >= 0.6 is 23.5 Å². The maximum absolute atomic E-state index is 10.6. The summed E-state index contributed by atoms with van der Waals surface area (Å²) in [6.45, 7) is 6.28. The smallest absolute Gasteiger partial charge is 0.313 e. The molecule has 0 aliphatic carbocycles. The maximum atomic E-state index is 10.6. The molecule has 0 fully saturated rings. The summed E-state index contributed by atoms with van der Waals surface area (Å²) in [6.07, 6.45) is 0.807. The summed E-state index contributed by atoms with van der Waals surface area (Å²) in [7, 11) is 0. The van der Waals surface area contributed by atoms with Crippen LogP contribution in [0.5, 0.6) is 0 Å². The third-order valence-corrected chi connectivity index (χ3v) is 4.43. The van der Waals surface area contributed by atoms with Gasteiger partial charge in [-0.15, -0.1) is 10.2 Å². The van der Waals surface area contributed by atoms with Gasteiger partial charge in [-0.05, 0) is 12.7 Å². The summed E-state index contributed by atoms with van der Waals surface area (Å²) in [5.41, 5.74) is 0. The highest BCUT2D eigenvalue weighted by Gasteiger charge is 2.17. The number of hydrogen-bond donors (Lipinski definition) is 1. The average molecular weight is 289 g/mol. The van der Waals surface area contributed by atoms with Crippen LogP contribution in [0, 0.1) is 0 Å². The van der Waals surface area contributed by atoms with E-state index in [4.69, 9.17) is 5.11 Å². The Morgan fingerprint density at radius 3 is 2.72 bits per heavy atom. The monoisotopic (exact) mass is 289 g/mol. The van der Waals surface area contributed by atoms with E-state index in [0.717, 1.165) is 23.8 Å². The summed E-state index contributed by atoms with van der Waals surface area (Å²) in [4.78, 5) is 10.6. The lowest BCUT2D eigenvalue weighted by Crippen LogP contribution is -2.13. The molecule has 1 heterocycles. The highest BCUT2D eigenvalue weighted by Crippen LogP contribution is 2.24. The molecule has 0 saturated heterocycles. The third kappa shape index (κ3) is 4.20. The van der Waals surface area contributed by atoms with Crippen molar-refractivity contribution in [3.05, 3.63) is 5.82 Å². The summed E-state index contributed by atoms with van der Waals surface area (Å²) in [5.74, 6) is 2.18. The van der Waals surface area contributed by atoms with Gasteiger partial charge in [0, 0.05) is 18.2 Å². The molecule has 0 aromatic carbocycles. The van der Waals surface area contributed by atoms with E-state index in [1.54, 1.807) is 0 Å². The number of aryl methyl sites for hydroxylation is 1. The van der Waals surface area contributed by atoms with Crippen LogP contribution in [-0.2, 0) is 11.2 Å². The molecule has 0 radical (unpaired) electrons. The number of carboxylic acid groups (broad SMARTS) is 1. The molecule has 0 bridgehead atoms. The van der Waals surface area contributed by atoms with Gasteiger partial charge in [-0.1, -0.05) is 25.6 Å². The van der Waals surface area contributed by atoms with E-state index >= 15 is 0 Å². The fraction of sp³-hybridized carbons (Fsp3) is 0.727. The molecule has 1 aromatic rings. The molecule has 0 amide bonds. The average Bonchev–Trinajstić information content (AvgIpc) is 2.76. The van der Waals surface area contributed by atoms with Gasteiger partial charge in [0.05, 0.1) is 5.75 Å². The van der Waals surface area contributed by atoms with Gasteiger partial charge in [-0.25, -0.2) is 0 Å². The van der Waals surface area contributed by atoms with E-state index in [2.05, 4.69) is 28.6 Å². The molecule has 0 spiro atoms. The van der Waals surface area contributed by atoms with Crippen molar-refractivity contribution in [3.63, 3.8) is 0 Å². The standard InChI is InChI=1S/C11H19N3O2S2/c1-4-9-12-13-11(18-7-10(15)16)14(9)8(3)6-17-5-2/h8H,4-7H2,1-3H3,(H,15,16). The van der Waals surface area contributed by atoms with Crippen LogP contribution in [0.4, 0.5) is 0 Å². The van der Waals surface area contributed by atoms with Crippen LogP contribution in [0.15, 0.2) is 5.16 Å². The Balaban J connectivity index is 2.83. The van der Waals surface area contributed by atoms with Gasteiger partial charge in [-0.3, -0.25) is 4.79 Å². The largest absolute Gasteiger partial charge is 0.481 e. The van der Waals surface area contributed by atoms with Crippen molar-refractivity contribution >= 4 is 29.5 Å². The van der Waals surface area contributed by atoms with Crippen molar-refractivity contribution < 1.29 is 9.90 Å². The first kappa shape index (κ1) is 15.4. The number of aromatic nitrogens is 3. The van der Waals surface area contributed by atoms with E-state index in [1.807, 2.05) is 18.7 Å². The quantitative estimate of drug-likeness (QED) is 0.741. The van der Waals surface area contributed by atoms with Gasteiger partial charge in [0.15, 0.2) is 5.16 Å². The van der Waals surface area contributed by atoms with Crippen LogP contribution in [0.2, 0.25) is 0 Å². The van der Waals surface area contributed by atoms with Crippen LogP contribution in [0.3, 0.4) is 0 Å². The summed E-state index contributed by atoms with van der Waals surface area (Å²) < 4.78 is 2.07. The van der Waals surface area contributed by atoms with Gasteiger partial charge in [-0.2, -0.15) is 11.8 Å². The molecule has 1 rings (SSSR count). The van der Waals surface area contributed by atoms with Crippen molar-refractivity contribution in [3.8, 4) is 0 Å². The molecule has 7 heteroatoms. The fourth-order valence-electron chi connectivity index (χ4n) is 1.58. The second kappa shape index (κ2) is 7.68. The summed E-state index contributed by atoms with van der Waals surface area (Å²) in [6, 6.07) is 0.288. The van der Waals surface area contributed by atoms with Crippen LogP contribution < -0.4 is 0 Å². The molecule has 102 valence electrons.